The van der Waals surface area contributed by atoms with E-state index in [1.165, 1.54) is 28.6 Å². The van der Waals surface area contributed by atoms with Gasteiger partial charge in [-0.3, -0.25) is 0 Å². The Balaban J connectivity index is 1.96. The second-order valence-corrected chi connectivity index (χ2v) is 9.56. The maximum atomic E-state index is 3.84. The van der Waals surface area contributed by atoms with Crippen molar-refractivity contribution >= 4 is 33.9 Å². The summed E-state index contributed by atoms with van der Waals surface area (Å²) in [6.07, 6.45) is 5.17. The van der Waals surface area contributed by atoms with Crippen molar-refractivity contribution in [3.8, 4) is 0 Å². The minimum atomic E-state index is 0.577. The van der Waals surface area contributed by atoms with Gasteiger partial charge in [-0.05, 0) is 79.9 Å². The van der Waals surface area contributed by atoms with Crippen molar-refractivity contribution in [1.29, 1.82) is 0 Å². The van der Waals surface area contributed by atoms with Gasteiger partial charge in [-0.15, -0.1) is 11.3 Å². The van der Waals surface area contributed by atoms with E-state index >= 15 is 0 Å². The van der Waals surface area contributed by atoms with E-state index in [1.54, 1.807) is 10.4 Å². The number of aryl methyl sites for hydroxylation is 1. The minimum Gasteiger partial charge on any atom is -0.308 e. The van der Waals surface area contributed by atoms with Crippen LogP contribution in [0.1, 0.15) is 49.6 Å². The molecule has 0 aromatic carbocycles. The fraction of sp³-hybridized carbons (Fsp3) is 0.750. The van der Waals surface area contributed by atoms with Crippen LogP contribution in [0.3, 0.4) is 0 Å². The summed E-state index contributed by atoms with van der Waals surface area (Å²) in [5.41, 5.74) is 1.58. The lowest BCUT2D eigenvalue weighted by atomic mass is 9.93. The van der Waals surface area contributed by atoms with E-state index in [2.05, 4.69) is 66.8 Å². The van der Waals surface area contributed by atoms with Gasteiger partial charge in [-0.25, -0.2) is 0 Å². The predicted molar refractivity (Wildman–Crippen MR) is 97.6 cm³/mol. The van der Waals surface area contributed by atoms with Gasteiger partial charge in [0.15, 0.2) is 0 Å². The molecule has 1 N–H and O–H groups in total. The SMILES string of the molecule is CC(C)CC(CNC1CCCc2sc(I)cc21)N(C)C. The fourth-order valence-corrected chi connectivity index (χ4v) is 5.15. The summed E-state index contributed by atoms with van der Waals surface area (Å²) < 4.78 is 1.44. The molecule has 2 nitrogen and oxygen atoms in total. The van der Waals surface area contributed by atoms with Crippen molar-refractivity contribution in [2.75, 3.05) is 20.6 Å². The molecule has 20 heavy (non-hydrogen) atoms. The first kappa shape index (κ1) is 16.7. The second-order valence-electron chi connectivity index (χ2n) is 6.53. The lowest BCUT2D eigenvalue weighted by Crippen LogP contribution is -2.40. The van der Waals surface area contributed by atoms with E-state index in [1.807, 2.05) is 11.3 Å². The topological polar surface area (TPSA) is 15.3 Å². The molecular formula is C16H27IN2S. The third kappa shape index (κ3) is 4.42. The number of hydrogen-bond acceptors (Lipinski definition) is 3. The van der Waals surface area contributed by atoms with Crippen molar-refractivity contribution in [3.05, 3.63) is 19.4 Å². The predicted octanol–water partition coefficient (Wildman–Crippen LogP) is 4.30. The highest BCUT2D eigenvalue weighted by molar-refractivity contribution is 14.1. The first-order valence-corrected chi connectivity index (χ1v) is 9.54. The first-order valence-electron chi connectivity index (χ1n) is 7.65. The molecule has 0 bridgehead atoms. The van der Waals surface area contributed by atoms with Gasteiger partial charge in [-0.1, -0.05) is 13.8 Å². The molecule has 0 saturated carbocycles. The average molecular weight is 406 g/mol. The average Bonchev–Trinajstić information content (AvgIpc) is 2.74. The molecule has 0 radical (unpaired) electrons. The van der Waals surface area contributed by atoms with Gasteiger partial charge in [0.1, 0.15) is 0 Å². The maximum absolute atomic E-state index is 3.84. The van der Waals surface area contributed by atoms with Crippen molar-refractivity contribution in [3.63, 3.8) is 0 Å². The Labute approximate surface area is 141 Å². The van der Waals surface area contributed by atoms with Gasteiger partial charge in [0, 0.05) is 23.5 Å². The number of nitrogens with zero attached hydrogens (tertiary/aromatic N) is 1. The van der Waals surface area contributed by atoms with E-state index in [9.17, 15) is 0 Å². The minimum absolute atomic E-state index is 0.577. The Kier molecular flexibility index (Phi) is 6.32. The van der Waals surface area contributed by atoms with Crippen molar-refractivity contribution < 1.29 is 0 Å². The number of hydrogen-bond donors (Lipinski definition) is 1. The number of halogens is 1. The van der Waals surface area contributed by atoms with E-state index in [4.69, 9.17) is 0 Å². The van der Waals surface area contributed by atoms with Gasteiger partial charge in [0.2, 0.25) is 0 Å². The third-order valence-corrected chi connectivity index (χ3v) is 6.13. The number of rotatable bonds is 6. The van der Waals surface area contributed by atoms with E-state index in [0.29, 0.717) is 12.1 Å². The Bertz CT molecular complexity index is 428. The van der Waals surface area contributed by atoms with Crippen molar-refractivity contribution in [2.24, 2.45) is 5.92 Å². The molecule has 2 rings (SSSR count). The third-order valence-electron chi connectivity index (χ3n) is 4.16. The quantitative estimate of drug-likeness (QED) is 0.709. The van der Waals surface area contributed by atoms with E-state index in [-0.39, 0.29) is 0 Å². The summed E-state index contributed by atoms with van der Waals surface area (Å²) in [5.74, 6) is 0.758. The van der Waals surface area contributed by atoms with Gasteiger partial charge in [0.25, 0.3) is 0 Å². The molecular weight excluding hydrogens is 379 g/mol. The largest absolute Gasteiger partial charge is 0.308 e. The summed E-state index contributed by atoms with van der Waals surface area (Å²) in [4.78, 5) is 3.98. The molecule has 114 valence electrons. The van der Waals surface area contributed by atoms with Crippen LogP contribution in [0.25, 0.3) is 0 Å². The molecule has 0 saturated heterocycles. The van der Waals surface area contributed by atoms with Gasteiger partial charge >= 0.3 is 0 Å². The summed E-state index contributed by atoms with van der Waals surface area (Å²) >= 11 is 4.44. The maximum Gasteiger partial charge on any atom is 0.0659 e. The van der Waals surface area contributed by atoms with Crippen LogP contribution in [0, 0.1) is 8.80 Å². The van der Waals surface area contributed by atoms with E-state index in [0.717, 1.165) is 12.5 Å². The van der Waals surface area contributed by atoms with Crippen LogP contribution in [0.5, 0.6) is 0 Å². The van der Waals surface area contributed by atoms with Gasteiger partial charge in [-0.2, -0.15) is 0 Å². The molecule has 2 unspecified atom stereocenters. The van der Waals surface area contributed by atoms with Crippen molar-refractivity contribution in [1.82, 2.24) is 10.2 Å². The Hall–Kier alpha value is 0.350. The molecule has 4 heteroatoms. The molecule has 0 fully saturated rings. The standard InChI is InChI=1S/C16H27IN2S/c1-11(2)8-12(19(3)4)10-18-14-6-5-7-15-13(14)9-16(17)20-15/h9,11-12,14,18H,5-8,10H2,1-4H3. The highest BCUT2D eigenvalue weighted by Gasteiger charge is 2.23. The van der Waals surface area contributed by atoms with Crippen LogP contribution >= 0.6 is 33.9 Å². The summed E-state index contributed by atoms with van der Waals surface area (Å²) in [6.45, 7) is 5.73. The second kappa shape index (κ2) is 7.56. The Morgan fingerprint density at radius 3 is 2.85 bits per heavy atom. The van der Waals surface area contributed by atoms with E-state index < -0.39 is 0 Å². The molecule has 0 amide bonds. The van der Waals surface area contributed by atoms with Crippen LogP contribution in [-0.4, -0.2) is 31.6 Å². The highest BCUT2D eigenvalue weighted by atomic mass is 127. The summed E-state index contributed by atoms with van der Waals surface area (Å²) in [5, 5.41) is 3.84. The first-order chi connectivity index (χ1) is 9.47. The normalized spacial score (nSPS) is 20.4. The fourth-order valence-electron chi connectivity index (χ4n) is 3.03. The lowest BCUT2D eigenvalue weighted by molar-refractivity contribution is 0.237. The Morgan fingerprint density at radius 2 is 2.20 bits per heavy atom. The molecule has 2 atom stereocenters. The summed E-state index contributed by atoms with van der Waals surface area (Å²) in [7, 11) is 4.41. The Morgan fingerprint density at radius 1 is 1.45 bits per heavy atom. The van der Waals surface area contributed by atoms with Crippen LogP contribution in [0.4, 0.5) is 0 Å². The van der Waals surface area contributed by atoms with Gasteiger partial charge < -0.3 is 10.2 Å². The zero-order valence-corrected chi connectivity index (χ0v) is 16.1. The number of fused-ring (bicyclic) bond motifs is 1. The van der Waals surface area contributed by atoms with Crippen LogP contribution in [0.2, 0.25) is 0 Å². The molecule has 0 aliphatic heterocycles. The van der Waals surface area contributed by atoms with Crippen molar-refractivity contribution in [2.45, 2.75) is 51.6 Å². The van der Waals surface area contributed by atoms with Crippen LogP contribution < -0.4 is 5.32 Å². The lowest BCUT2D eigenvalue weighted by Gasteiger charge is -2.30. The molecule has 0 spiro atoms. The smallest absolute Gasteiger partial charge is 0.0659 e. The molecule has 1 aliphatic carbocycles. The molecule has 1 heterocycles. The zero-order chi connectivity index (χ0) is 14.7. The molecule has 1 aliphatic rings. The van der Waals surface area contributed by atoms with Gasteiger partial charge in [0.05, 0.1) is 2.88 Å². The summed E-state index contributed by atoms with van der Waals surface area (Å²) in [6, 6.07) is 3.61. The number of thiophene rings is 1. The number of likely N-dealkylation sites (N-methyl/N-ethyl adjacent to an activating group) is 1. The zero-order valence-electron chi connectivity index (χ0n) is 13.1. The van der Waals surface area contributed by atoms with Crippen LogP contribution in [-0.2, 0) is 6.42 Å². The molecule has 1 aromatic heterocycles. The van der Waals surface area contributed by atoms with Crippen LogP contribution in [0.15, 0.2) is 6.07 Å². The number of nitrogens with one attached hydrogen (secondary N) is 1. The monoisotopic (exact) mass is 406 g/mol. The highest BCUT2D eigenvalue weighted by Crippen LogP contribution is 2.36. The molecule has 1 aromatic rings.